The first-order valence-corrected chi connectivity index (χ1v) is 11.1. The average molecular weight is 519 g/mol. The molecule has 194 valence electrons. The maximum atomic E-state index is 13.0. The van der Waals surface area contributed by atoms with E-state index in [1.165, 1.54) is 12.1 Å². The van der Waals surface area contributed by atoms with Gasteiger partial charge in [0.05, 0.1) is 18.4 Å². The quantitative estimate of drug-likeness (QED) is 0.284. The third-order valence-electron chi connectivity index (χ3n) is 5.50. The van der Waals surface area contributed by atoms with E-state index in [1.54, 1.807) is 4.90 Å². The lowest BCUT2D eigenvalue weighted by atomic mass is 10.2. The fourth-order valence-corrected chi connectivity index (χ4v) is 3.78. The predicted molar refractivity (Wildman–Crippen MR) is 123 cm³/mol. The Morgan fingerprint density at radius 2 is 2.08 bits per heavy atom. The number of hydrogen-bond donors (Lipinski definition) is 4. The minimum atomic E-state index is -4.65. The Bertz CT molecular complexity index is 1440. The van der Waals surface area contributed by atoms with Crippen molar-refractivity contribution in [3.05, 3.63) is 42.0 Å². The fourth-order valence-electron chi connectivity index (χ4n) is 3.78. The van der Waals surface area contributed by atoms with Crippen LogP contribution in [0.2, 0.25) is 0 Å². The number of hydrogen-bond acceptors (Lipinski definition) is 11. The molecule has 1 amide bonds. The number of aliphatic hydroxyl groups excluding tert-OH is 2. The highest BCUT2D eigenvalue weighted by Crippen LogP contribution is 2.33. The van der Waals surface area contributed by atoms with Crippen LogP contribution in [0, 0.1) is 0 Å². The number of carbonyl (C=O) groups is 1. The van der Waals surface area contributed by atoms with Gasteiger partial charge in [-0.2, -0.15) is 18.2 Å². The van der Waals surface area contributed by atoms with Crippen molar-refractivity contribution in [1.82, 2.24) is 19.9 Å². The van der Waals surface area contributed by atoms with E-state index < -0.39 is 23.9 Å². The van der Waals surface area contributed by atoms with E-state index >= 15 is 0 Å². The second-order valence-electron chi connectivity index (χ2n) is 8.16. The molecule has 0 spiro atoms. The average Bonchev–Trinajstić information content (AvgIpc) is 3.61. The molecule has 0 saturated carbocycles. The standard InChI is InChI=1S/C22H20F3N7O5/c23-22(24,25)16-7-11(1-3-26-16)20-29-14(10-36-20)19(35)28-13-8-15-17(31-21(37-15)27-4-6-33)30-18(13)32-5-2-12(34)9-32/h1,3,7-8,10,12,33-34H,2,4-6,9H2,(H,28,35)(H,27,30,31). The highest BCUT2D eigenvalue weighted by molar-refractivity contribution is 6.05. The topological polar surface area (TPSA) is 163 Å². The molecule has 0 radical (unpaired) electrons. The van der Waals surface area contributed by atoms with Crippen LogP contribution in [0.3, 0.4) is 0 Å². The van der Waals surface area contributed by atoms with E-state index in [1.807, 2.05) is 0 Å². The molecule has 5 rings (SSSR count). The molecule has 1 atom stereocenters. The number of fused-ring (bicyclic) bond motifs is 1. The van der Waals surface area contributed by atoms with E-state index in [9.17, 15) is 23.1 Å². The van der Waals surface area contributed by atoms with Crippen LogP contribution >= 0.6 is 0 Å². The summed E-state index contributed by atoms with van der Waals surface area (Å²) in [6.07, 6.45) is -2.72. The highest BCUT2D eigenvalue weighted by atomic mass is 19.4. The van der Waals surface area contributed by atoms with Crippen LogP contribution in [0.25, 0.3) is 22.7 Å². The molecule has 0 aromatic carbocycles. The van der Waals surface area contributed by atoms with E-state index in [4.69, 9.17) is 13.9 Å². The Kier molecular flexibility index (Phi) is 6.39. The van der Waals surface area contributed by atoms with E-state index in [2.05, 4.69) is 30.6 Å². The molecule has 1 aliphatic heterocycles. The zero-order valence-electron chi connectivity index (χ0n) is 19.0. The molecule has 4 aromatic rings. The summed E-state index contributed by atoms with van der Waals surface area (Å²) in [5.74, 6) is -0.559. The number of rotatable bonds is 7. The number of oxazole rings is 2. The molecule has 1 unspecified atom stereocenters. The zero-order chi connectivity index (χ0) is 26.2. The Labute approximate surface area is 206 Å². The van der Waals surface area contributed by atoms with Crippen molar-refractivity contribution in [2.24, 2.45) is 0 Å². The first-order valence-electron chi connectivity index (χ1n) is 11.1. The van der Waals surface area contributed by atoms with Crippen LogP contribution in [0.15, 0.2) is 39.5 Å². The molecule has 5 heterocycles. The lowest BCUT2D eigenvalue weighted by Crippen LogP contribution is -2.24. The van der Waals surface area contributed by atoms with Gasteiger partial charge in [0.15, 0.2) is 17.1 Å². The molecular weight excluding hydrogens is 499 g/mol. The van der Waals surface area contributed by atoms with Crippen LogP contribution in [-0.4, -0.2) is 68.4 Å². The van der Waals surface area contributed by atoms with Crippen molar-refractivity contribution in [2.75, 3.05) is 41.8 Å². The smallest absolute Gasteiger partial charge is 0.433 e. The number of nitrogens with one attached hydrogen (secondary N) is 2. The van der Waals surface area contributed by atoms with Gasteiger partial charge >= 0.3 is 6.18 Å². The summed E-state index contributed by atoms with van der Waals surface area (Å²) in [6, 6.07) is 3.69. The highest BCUT2D eigenvalue weighted by Gasteiger charge is 2.33. The molecule has 37 heavy (non-hydrogen) atoms. The molecule has 0 aliphatic carbocycles. The number of anilines is 3. The minimum Gasteiger partial charge on any atom is -0.444 e. The van der Waals surface area contributed by atoms with Gasteiger partial charge in [-0.25, -0.2) is 9.97 Å². The molecule has 1 fully saturated rings. The molecular formula is C22H20F3N7O5. The molecule has 15 heteroatoms. The van der Waals surface area contributed by atoms with Crippen molar-refractivity contribution >= 4 is 34.7 Å². The van der Waals surface area contributed by atoms with Crippen molar-refractivity contribution in [3.63, 3.8) is 0 Å². The molecule has 12 nitrogen and oxygen atoms in total. The van der Waals surface area contributed by atoms with Crippen LogP contribution < -0.4 is 15.5 Å². The Morgan fingerprint density at radius 1 is 1.24 bits per heavy atom. The summed E-state index contributed by atoms with van der Waals surface area (Å²) < 4.78 is 49.8. The van der Waals surface area contributed by atoms with Crippen LogP contribution in [0.4, 0.5) is 30.7 Å². The second kappa shape index (κ2) is 9.67. The first-order chi connectivity index (χ1) is 17.7. The SMILES string of the molecule is O=C(Nc1cc2oc(NCCO)nc2nc1N1CCC(O)C1)c1coc(-c2ccnc(C(F)(F)F)c2)n1. The number of β-amino-alcohol motifs (C(OH)–C–C–N with tert-alkyl or cyclic N) is 1. The lowest BCUT2D eigenvalue weighted by Gasteiger charge is -2.19. The number of pyridine rings is 2. The summed E-state index contributed by atoms with van der Waals surface area (Å²) in [7, 11) is 0. The summed E-state index contributed by atoms with van der Waals surface area (Å²) in [5.41, 5.74) is -0.569. The summed E-state index contributed by atoms with van der Waals surface area (Å²) in [6.45, 7) is 0.833. The maximum Gasteiger partial charge on any atom is 0.433 e. The first kappa shape index (κ1) is 24.5. The maximum absolute atomic E-state index is 13.0. The molecule has 4 aromatic heterocycles. The number of carbonyl (C=O) groups excluding carboxylic acids is 1. The van der Waals surface area contributed by atoms with Crippen LogP contribution in [-0.2, 0) is 6.18 Å². The van der Waals surface area contributed by atoms with Crippen molar-refractivity contribution < 1.29 is 37.0 Å². The largest absolute Gasteiger partial charge is 0.444 e. The normalized spacial score (nSPS) is 15.9. The molecule has 0 bridgehead atoms. The number of aromatic nitrogens is 4. The van der Waals surface area contributed by atoms with Gasteiger partial charge < -0.3 is 34.6 Å². The summed E-state index contributed by atoms with van der Waals surface area (Å²) >= 11 is 0. The molecule has 1 saturated heterocycles. The van der Waals surface area contributed by atoms with Crippen molar-refractivity contribution in [3.8, 4) is 11.5 Å². The van der Waals surface area contributed by atoms with E-state index in [0.29, 0.717) is 18.8 Å². The monoisotopic (exact) mass is 519 g/mol. The fraction of sp³-hybridized carbons (Fsp3) is 0.318. The van der Waals surface area contributed by atoms with Crippen LogP contribution in [0.1, 0.15) is 22.6 Å². The third kappa shape index (κ3) is 5.17. The van der Waals surface area contributed by atoms with Gasteiger partial charge in [0.25, 0.3) is 11.9 Å². The number of nitrogens with zero attached hydrogens (tertiary/aromatic N) is 5. The van der Waals surface area contributed by atoms with Crippen LogP contribution in [0.5, 0.6) is 0 Å². The summed E-state index contributed by atoms with van der Waals surface area (Å²) in [5, 5.41) is 24.5. The van der Waals surface area contributed by atoms with Gasteiger partial charge in [-0.1, -0.05) is 0 Å². The van der Waals surface area contributed by atoms with E-state index in [0.717, 1.165) is 18.5 Å². The van der Waals surface area contributed by atoms with Gasteiger partial charge in [0.1, 0.15) is 12.0 Å². The number of alkyl halides is 3. The number of halogens is 3. The summed E-state index contributed by atoms with van der Waals surface area (Å²) in [4.78, 5) is 30.8. The predicted octanol–water partition coefficient (Wildman–Crippen LogP) is 2.52. The Balaban J connectivity index is 1.43. The number of aliphatic hydroxyl groups is 2. The third-order valence-corrected chi connectivity index (χ3v) is 5.50. The van der Waals surface area contributed by atoms with Gasteiger partial charge in [0, 0.05) is 37.5 Å². The minimum absolute atomic E-state index is 0.000716. The Morgan fingerprint density at radius 3 is 2.81 bits per heavy atom. The van der Waals surface area contributed by atoms with Crippen molar-refractivity contribution in [1.29, 1.82) is 0 Å². The van der Waals surface area contributed by atoms with Gasteiger partial charge in [-0.05, 0) is 18.6 Å². The van der Waals surface area contributed by atoms with Gasteiger partial charge in [0.2, 0.25) is 11.5 Å². The van der Waals surface area contributed by atoms with Gasteiger partial charge in [-0.3, -0.25) is 9.78 Å². The number of amides is 1. The lowest BCUT2D eigenvalue weighted by molar-refractivity contribution is -0.141. The molecule has 1 aliphatic rings. The van der Waals surface area contributed by atoms with Crippen molar-refractivity contribution in [2.45, 2.75) is 18.7 Å². The molecule has 4 N–H and O–H groups in total. The Hall–Kier alpha value is -4.24. The second-order valence-corrected chi connectivity index (χ2v) is 8.16. The van der Waals surface area contributed by atoms with E-state index in [-0.39, 0.29) is 59.8 Å². The zero-order valence-corrected chi connectivity index (χ0v) is 19.0. The van der Waals surface area contributed by atoms with Gasteiger partial charge in [-0.15, -0.1) is 0 Å².